The summed E-state index contributed by atoms with van der Waals surface area (Å²) in [5.74, 6) is -0.491. The van der Waals surface area contributed by atoms with Gasteiger partial charge in [0.2, 0.25) is 0 Å². The normalized spacial score (nSPS) is 9.88. The lowest BCUT2D eigenvalue weighted by molar-refractivity contribution is -0.140. The molecule has 0 saturated heterocycles. The molecule has 0 radical (unpaired) electrons. The fourth-order valence-corrected chi connectivity index (χ4v) is 1.21. The van der Waals surface area contributed by atoms with E-state index in [1.807, 2.05) is 0 Å². The van der Waals surface area contributed by atoms with Gasteiger partial charge in [0, 0.05) is 13.0 Å². The highest BCUT2D eigenvalue weighted by Crippen LogP contribution is 2.12. The van der Waals surface area contributed by atoms with E-state index in [0.717, 1.165) is 0 Å². The molecule has 0 bridgehead atoms. The monoisotopic (exact) mass is 245 g/mol. The first-order valence-corrected chi connectivity index (χ1v) is 5.11. The van der Waals surface area contributed by atoms with E-state index in [2.05, 4.69) is 10.1 Å². The lowest BCUT2D eigenvalue weighted by atomic mass is 10.3. The summed E-state index contributed by atoms with van der Waals surface area (Å²) >= 11 is 5.52. The quantitative estimate of drug-likeness (QED) is 0.632. The fraction of sp³-hybridized carbons (Fsp3) is 0.400. The number of halogens is 1. The molecule has 0 aromatic carbocycles. The van der Waals surface area contributed by atoms with Crippen LogP contribution in [-0.4, -0.2) is 25.5 Å². The molecule has 88 valence electrons. The highest BCUT2D eigenvalue weighted by Gasteiger charge is 2.09. The zero-order chi connectivity index (χ0) is 12.0. The first kappa shape index (κ1) is 12.6. The second-order valence-electron chi connectivity index (χ2n) is 3.04. The highest BCUT2D eigenvalue weighted by atomic mass is 35.5. The summed E-state index contributed by atoms with van der Waals surface area (Å²) in [6, 6.07) is 2.98. The number of rotatable bonds is 5. The van der Waals surface area contributed by atoms with Gasteiger partial charge in [0.05, 0.1) is 7.11 Å². The molecule has 1 heterocycles. The van der Waals surface area contributed by atoms with Gasteiger partial charge in [-0.15, -0.1) is 0 Å². The number of methoxy groups -OCH3 is 1. The van der Waals surface area contributed by atoms with Crippen molar-refractivity contribution in [3.63, 3.8) is 0 Å². The van der Waals surface area contributed by atoms with E-state index in [0.29, 0.717) is 13.0 Å². The Hall–Kier alpha value is -1.49. The SMILES string of the molecule is COC(=O)CCCNC(=O)c1ccc(Cl)o1. The maximum atomic E-state index is 11.4. The van der Waals surface area contributed by atoms with Crippen molar-refractivity contribution in [1.82, 2.24) is 5.32 Å². The van der Waals surface area contributed by atoms with Crippen LogP contribution in [0.3, 0.4) is 0 Å². The lowest BCUT2D eigenvalue weighted by Crippen LogP contribution is -2.24. The molecule has 5 nitrogen and oxygen atoms in total. The largest absolute Gasteiger partial charge is 0.469 e. The van der Waals surface area contributed by atoms with Gasteiger partial charge in [-0.05, 0) is 30.2 Å². The van der Waals surface area contributed by atoms with Crippen molar-refractivity contribution >= 4 is 23.5 Å². The number of hydrogen-bond acceptors (Lipinski definition) is 4. The Bertz CT molecular complexity index is 375. The van der Waals surface area contributed by atoms with Crippen LogP contribution in [0.4, 0.5) is 0 Å². The summed E-state index contributed by atoms with van der Waals surface area (Å²) < 4.78 is 9.36. The van der Waals surface area contributed by atoms with E-state index < -0.39 is 0 Å². The molecule has 0 unspecified atom stereocenters. The van der Waals surface area contributed by atoms with E-state index in [1.54, 1.807) is 0 Å². The number of furan rings is 1. The van der Waals surface area contributed by atoms with E-state index in [1.165, 1.54) is 19.2 Å². The van der Waals surface area contributed by atoms with Gasteiger partial charge in [-0.3, -0.25) is 9.59 Å². The summed E-state index contributed by atoms with van der Waals surface area (Å²) in [5, 5.41) is 2.76. The van der Waals surface area contributed by atoms with Gasteiger partial charge in [0.15, 0.2) is 11.0 Å². The van der Waals surface area contributed by atoms with Crippen LogP contribution in [0.1, 0.15) is 23.4 Å². The van der Waals surface area contributed by atoms with E-state index in [4.69, 9.17) is 16.0 Å². The van der Waals surface area contributed by atoms with Crippen LogP contribution >= 0.6 is 11.6 Å². The van der Waals surface area contributed by atoms with Gasteiger partial charge in [0.25, 0.3) is 5.91 Å². The number of carbonyl (C=O) groups is 2. The molecule has 1 N–H and O–H groups in total. The number of ether oxygens (including phenoxy) is 1. The van der Waals surface area contributed by atoms with Gasteiger partial charge in [-0.2, -0.15) is 0 Å². The van der Waals surface area contributed by atoms with Crippen LogP contribution in [0.15, 0.2) is 16.5 Å². The van der Waals surface area contributed by atoms with Crippen LogP contribution in [0.5, 0.6) is 0 Å². The van der Waals surface area contributed by atoms with Gasteiger partial charge in [-0.1, -0.05) is 0 Å². The summed E-state index contributed by atoms with van der Waals surface area (Å²) in [7, 11) is 1.33. The third-order valence-corrected chi connectivity index (χ3v) is 2.07. The predicted octanol–water partition coefficient (Wildman–Crippen LogP) is 1.62. The van der Waals surface area contributed by atoms with Crippen LogP contribution in [-0.2, 0) is 9.53 Å². The molecule has 16 heavy (non-hydrogen) atoms. The standard InChI is InChI=1S/C10H12ClNO4/c1-15-9(13)3-2-6-12-10(14)7-4-5-8(11)16-7/h4-5H,2-3,6H2,1H3,(H,12,14). The Kier molecular flexibility index (Phi) is 4.85. The number of carbonyl (C=O) groups excluding carboxylic acids is 2. The first-order chi connectivity index (χ1) is 7.63. The summed E-state index contributed by atoms with van der Waals surface area (Å²) in [5.41, 5.74) is 0. The second kappa shape index (κ2) is 6.17. The maximum absolute atomic E-state index is 11.4. The molecule has 1 aromatic rings. The Morgan fingerprint density at radius 3 is 2.81 bits per heavy atom. The highest BCUT2D eigenvalue weighted by molar-refractivity contribution is 6.29. The number of hydrogen-bond donors (Lipinski definition) is 1. The molecule has 0 fully saturated rings. The van der Waals surface area contributed by atoms with Gasteiger partial charge in [-0.25, -0.2) is 0 Å². The zero-order valence-electron chi connectivity index (χ0n) is 8.79. The molecule has 0 saturated carbocycles. The smallest absolute Gasteiger partial charge is 0.305 e. The van der Waals surface area contributed by atoms with Crippen molar-refractivity contribution in [3.05, 3.63) is 23.1 Å². The average molecular weight is 246 g/mol. The minimum Gasteiger partial charge on any atom is -0.469 e. The van der Waals surface area contributed by atoms with Crippen molar-refractivity contribution in [2.75, 3.05) is 13.7 Å². The summed E-state index contributed by atoms with van der Waals surface area (Å²) in [4.78, 5) is 22.2. The summed E-state index contributed by atoms with van der Waals surface area (Å²) in [6.45, 7) is 0.381. The van der Waals surface area contributed by atoms with Gasteiger partial charge >= 0.3 is 5.97 Å². The molecule has 1 aromatic heterocycles. The predicted molar refractivity (Wildman–Crippen MR) is 57.3 cm³/mol. The Labute approximate surface area is 97.7 Å². The number of nitrogens with one attached hydrogen (secondary N) is 1. The third-order valence-electron chi connectivity index (χ3n) is 1.87. The zero-order valence-corrected chi connectivity index (χ0v) is 9.54. The third kappa shape index (κ3) is 3.94. The molecular weight excluding hydrogens is 234 g/mol. The molecule has 0 atom stereocenters. The van der Waals surface area contributed by atoms with E-state index >= 15 is 0 Å². The van der Waals surface area contributed by atoms with Crippen LogP contribution in [0.2, 0.25) is 5.22 Å². The maximum Gasteiger partial charge on any atom is 0.305 e. The topological polar surface area (TPSA) is 68.5 Å². The second-order valence-corrected chi connectivity index (χ2v) is 3.41. The van der Waals surface area contributed by atoms with Gasteiger partial charge in [0.1, 0.15) is 0 Å². The number of amides is 1. The van der Waals surface area contributed by atoms with Crippen molar-refractivity contribution in [1.29, 1.82) is 0 Å². The molecule has 0 aliphatic carbocycles. The van der Waals surface area contributed by atoms with Crippen LogP contribution < -0.4 is 5.32 Å². The average Bonchev–Trinajstić information content (AvgIpc) is 2.70. The number of esters is 1. The molecule has 0 spiro atoms. The lowest BCUT2D eigenvalue weighted by Gasteiger charge is -2.02. The van der Waals surface area contributed by atoms with Crippen molar-refractivity contribution in [2.45, 2.75) is 12.8 Å². The summed E-state index contributed by atoms with van der Waals surface area (Å²) in [6.07, 6.45) is 0.794. The fourth-order valence-electron chi connectivity index (χ4n) is 1.06. The first-order valence-electron chi connectivity index (χ1n) is 4.74. The van der Waals surface area contributed by atoms with Crippen molar-refractivity contribution in [2.24, 2.45) is 0 Å². The van der Waals surface area contributed by atoms with Crippen molar-refractivity contribution < 1.29 is 18.7 Å². The molecule has 0 aliphatic rings. The molecule has 6 heteroatoms. The van der Waals surface area contributed by atoms with E-state index in [-0.39, 0.29) is 29.3 Å². The van der Waals surface area contributed by atoms with Crippen LogP contribution in [0, 0.1) is 0 Å². The minimum absolute atomic E-state index is 0.156. The van der Waals surface area contributed by atoms with Gasteiger partial charge < -0.3 is 14.5 Å². The molecule has 1 amide bonds. The Morgan fingerprint density at radius 2 is 2.25 bits per heavy atom. The Balaban J connectivity index is 2.23. The molecule has 0 aliphatic heterocycles. The van der Waals surface area contributed by atoms with Crippen molar-refractivity contribution in [3.8, 4) is 0 Å². The molecular formula is C10H12ClNO4. The van der Waals surface area contributed by atoms with E-state index in [9.17, 15) is 9.59 Å². The minimum atomic E-state index is -0.350. The molecule has 1 rings (SSSR count). The Morgan fingerprint density at radius 1 is 1.50 bits per heavy atom. The van der Waals surface area contributed by atoms with Crippen LogP contribution in [0.25, 0.3) is 0 Å².